The van der Waals surface area contributed by atoms with Gasteiger partial charge < -0.3 is 5.32 Å². The van der Waals surface area contributed by atoms with Gasteiger partial charge >= 0.3 is 0 Å². The molecule has 1 aliphatic rings. The van der Waals surface area contributed by atoms with Crippen molar-refractivity contribution in [3.8, 4) is 0 Å². The third-order valence-electron chi connectivity index (χ3n) is 2.05. The van der Waals surface area contributed by atoms with E-state index < -0.39 is 0 Å². The Morgan fingerprint density at radius 3 is 3.18 bits per heavy atom. The molecule has 0 amide bonds. The van der Waals surface area contributed by atoms with Crippen LogP contribution in [0.5, 0.6) is 0 Å². The number of carbonyl (C=O) groups excluding carboxylic acids is 1. The van der Waals surface area contributed by atoms with Crippen LogP contribution in [0.15, 0.2) is 12.2 Å². The van der Waals surface area contributed by atoms with Crippen molar-refractivity contribution in [2.45, 2.75) is 19.8 Å². The summed E-state index contributed by atoms with van der Waals surface area (Å²) in [5.41, 5.74) is 0. The summed E-state index contributed by atoms with van der Waals surface area (Å²) in [5, 5.41) is 3.22. The molecule has 62 valence electrons. The fourth-order valence-electron chi connectivity index (χ4n) is 1.32. The van der Waals surface area contributed by atoms with E-state index >= 15 is 0 Å². The molecule has 0 saturated carbocycles. The lowest BCUT2D eigenvalue weighted by atomic mass is 9.95. The SMILES string of the molecule is C/C=C/CC1CNCCC1=O. The molecule has 2 nitrogen and oxygen atoms in total. The molecule has 2 heteroatoms. The number of nitrogens with one attached hydrogen (secondary N) is 1. The first-order chi connectivity index (χ1) is 5.34. The maximum absolute atomic E-state index is 11.2. The van der Waals surface area contributed by atoms with Crippen LogP contribution in [0.1, 0.15) is 19.8 Å². The van der Waals surface area contributed by atoms with Crippen molar-refractivity contribution in [1.29, 1.82) is 0 Å². The van der Waals surface area contributed by atoms with Gasteiger partial charge in [0.2, 0.25) is 0 Å². The molecule has 0 bridgehead atoms. The molecule has 1 saturated heterocycles. The standard InChI is InChI=1S/C9H15NO/c1-2-3-4-8-7-10-6-5-9(8)11/h2-3,8,10H,4-7H2,1H3/b3-2+. The second kappa shape index (κ2) is 4.29. The summed E-state index contributed by atoms with van der Waals surface area (Å²) in [6, 6.07) is 0. The van der Waals surface area contributed by atoms with E-state index in [0.29, 0.717) is 12.2 Å². The normalized spacial score (nSPS) is 26.3. The third-order valence-corrected chi connectivity index (χ3v) is 2.05. The minimum Gasteiger partial charge on any atom is -0.316 e. The number of rotatable bonds is 2. The molecule has 1 aliphatic heterocycles. The molecule has 0 aliphatic carbocycles. The molecule has 11 heavy (non-hydrogen) atoms. The fraction of sp³-hybridized carbons (Fsp3) is 0.667. The van der Waals surface area contributed by atoms with Gasteiger partial charge in [-0.3, -0.25) is 4.79 Å². The zero-order valence-electron chi connectivity index (χ0n) is 6.97. The molecule has 0 aromatic heterocycles. The van der Waals surface area contributed by atoms with Crippen molar-refractivity contribution in [3.05, 3.63) is 12.2 Å². The Bertz CT molecular complexity index is 163. The lowest BCUT2D eigenvalue weighted by molar-refractivity contribution is -0.123. The predicted octanol–water partition coefficient (Wildman–Crippen LogP) is 1.13. The number of allylic oxidation sites excluding steroid dienone is 2. The van der Waals surface area contributed by atoms with Gasteiger partial charge in [-0.15, -0.1) is 0 Å². The summed E-state index contributed by atoms with van der Waals surface area (Å²) in [4.78, 5) is 11.2. The van der Waals surface area contributed by atoms with E-state index in [1.54, 1.807) is 0 Å². The summed E-state index contributed by atoms with van der Waals surface area (Å²) in [6.07, 6.45) is 5.68. The fourth-order valence-corrected chi connectivity index (χ4v) is 1.32. The monoisotopic (exact) mass is 153 g/mol. The molecule has 1 N–H and O–H groups in total. The second-order valence-electron chi connectivity index (χ2n) is 2.92. The number of carbonyl (C=O) groups is 1. The van der Waals surface area contributed by atoms with Gasteiger partial charge in [0.15, 0.2) is 0 Å². The van der Waals surface area contributed by atoms with Gasteiger partial charge in [0.05, 0.1) is 0 Å². The van der Waals surface area contributed by atoms with Crippen molar-refractivity contribution in [3.63, 3.8) is 0 Å². The van der Waals surface area contributed by atoms with Gasteiger partial charge in [-0.25, -0.2) is 0 Å². The topological polar surface area (TPSA) is 29.1 Å². The van der Waals surface area contributed by atoms with Crippen LogP contribution in [0.3, 0.4) is 0 Å². The average Bonchev–Trinajstić information content (AvgIpc) is 2.03. The Morgan fingerprint density at radius 2 is 2.55 bits per heavy atom. The van der Waals surface area contributed by atoms with E-state index in [4.69, 9.17) is 0 Å². The number of hydrogen-bond donors (Lipinski definition) is 1. The molecule has 0 aromatic carbocycles. The van der Waals surface area contributed by atoms with Crippen molar-refractivity contribution in [2.75, 3.05) is 13.1 Å². The number of hydrogen-bond acceptors (Lipinski definition) is 2. The van der Waals surface area contributed by atoms with Crippen molar-refractivity contribution in [2.24, 2.45) is 5.92 Å². The summed E-state index contributed by atoms with van der Waals surface area (Å²) in [6.45, 7) is 3.72. The smallest absolute Gasteiger partial charge is 0.138 e. The highest BCUT2D eigenvalue weighted by atomic mass is 16.1. The highest BCUT2D eigenvalue weighted by Gasteiger charge is 2.19. The van der Waals surface area contributed by atoms with E-state index in [1.165, 1.54) is 0 Å². The summed E-state index contributed by atoms with van der Waals surface area (Å²) < 4.78 is 0. The van der Waals surface area contributed by atoms with Gasteiger partial charge in [0.25, 0.3) is 0 Å². The first-order valence-electron chi connectivity index (χ1n) is 4.19. The second-order valence-corrected chi connectivity index (χ2v) is 2.92. The summed E-state index contributed by atoms with van der Waals surface area (Å²) >= 11 is 0. The van der Waals surface area contributed by atoms with E-state index in [1.807, 2.05) is 13.0 Å². The lowest BCUT2D eigenvalue weighted by Gasteiger charge is -2.19. The van der Waals surface area contributed by atoms with Gasteiger partial charge in [-0.2, -0.15) is 0 Å². The Morgan fingerprint density at radius 1 is 1.73 bits per heavy atom. The lowest BCUT2D eigenvalue weighted by Crippen LogP contribution is -2.36. The van der Waals surface area contributed by atoms with Crippen LogP contribution in [0.4, 0.5) is 0 Å². The van der Waals surface area contributed by atoms with E-state index in [0.717, 1.165) is 19.5 Å². The summed E-state index contributed by atoms with van der Waals surface area (Å²) in [7, 11) is 0. The van der Waals surface area contributed by atoms with Gasteiger partial charge in [-0.1, -0.05) is 12.2 Å². The molecule has 0 radical (unpaired) electrons. The Balaban J connectivity index is 2.35. The minimum absolute atomic E-state index is 0.236. The number of piperidine rings is 1. The molecular formula is C9H15NO. The Kier molecular flexibility index (Phi) is 3.30. The van der Waals surface area contributed by atoms with Crippen LogP contribution in [-0.4, -0.2) is 18.9 Å². The Labute approximate surface area is 67.7 Å². The van der Waals surface area contributed by atoms with Gasteiger partial charge in [0, 0.05) is 25.4 Å². The van der Waals surface area contributed by atoms with Crippen LogP contribution in [0.25, 0.3) is 0 Å². The zero-order chi connectivity index (χ0) is 8.10. The maximum atomic E-state index is 11.2. The van der Waals surface area contributed by atoms with Gasteiger partial charge in [-0.05, 0) is 13.3 Å². The van der Waals surface area contributed by atoms with Crippen LogP contribution in [0.2, 0.25) is 0 Å². The first kappa shape index (κ1) is 8.47. The quantitative estimate of drug-likeness (QED) is 0.602. The zero-order valence-corrected chi connectivity index (χ0v) is 6.97. The van der Waals surface area contributed by atoms with Crippen molar-refractivity contribution < 1.29 is 4.79 Å². The van der Waals surface area contributed by atoms with Crippen molar-refractivity contribution in [1.82, 2.24) is 5.32 Å². The van der Waals surface area contributed by atoms with Crippen molar-refractivity contribution >= 4 is 5.78 Å². The molecule has 1 fully saturated rings. The number of ketones is 1. The molecule has 1 atom stereocenters. The first-order valence-corrected chi connectivity index (χ1v) is 4.19. The Hall–Kier alpha value is -0.630. The van der Waals surface area contributed by atoms with E-state index in [9.17, 15) is 4.79 Å². The minimum atomic E-state index is 0.236. The van der Waals surface area contributed by atoms with Crippen LogP contribution >= 0.6 is 0 Å². The maximum Gasteiger partial charge on any atom is 0.138 e. The van der Waals surface area contributed by atoms with E-state index in [-0.39, 0.29) is 5.92 Å². The predicted molar refractivity (Wildman–Crippen MR) is 45.4 cm³/mol. The number of Topliss-reactive ketones (excluding diaryl/α,β-unsaturated/α-hetero) is 1. The molecule has 0 spiro atoms. The molecular weight excluding hydrogens is 138 g/mol. The van der Waals surface area contributed by atoms with E-state index in [2.05, 4.69) is 11.4 Å². The highest BCUT2D eigenvalue weighted by molar-refractivity contribution is 5.82. The largest absolute Gasteiger partial charge is 0.316 e. The molecule has 1 heterocycles. The van der Waals surface area contributed by atoms with Crippen LogP contribution < -0.4 is 5.32 Å². The van der Waals surface area contributed by atoms with Crippen LogP contribution in [0, 0.1) is 5.92 Å². The summed E-state index contributed by atoms with van der Waals surface area (Å²) in [5.74, 6) is 0.654. The molecule has 0 aromatic rings. The van der Waals surface area contributed by atoms with Gasteiger partial charge in [0.1, 0.15) is 5.78 Å². The van der Waals surface area contributed by atoms with Crippen LogP contribution in [-0.2, 0) is 4.79 Å². The molecule has 1 rings (SSSR count). The third kappa shape index (κ3) is 2.46. The highest BCUT2D eigenvalue weighted by Crippen LogP contribution is 2.10. The molecule has 1 unspecified atom stereocenters. The average molecular weight is 153 g/mol.